The Hall–Kier alpha value is -1.51. The quantitative estimate of drug-likeness (QED) is 0.676. The molecule has 1 aromatic carbocycles. The molecule has 8 heteroatoms. The predicted molar refractivity (Wildman–Crippen MR) is 106 cm³/mol. The molecule has 1 atom stereocenters. The van der Waals surface area contributed by atoms with Gasteiger partial charge in [0.25, 0.3) is 0 Å². The summed E-state index contributed by atoms with van der Waals surface area (Å²) in [7, 11) is -2.91. The Balaban J connectivity index is 1.91. The third kappa shape index (κ3) is 4.07. The monoisotopic (exact) mass is 394 g/mol. The van der Waals surface area contributed by atoms with E-state index in [1.165, 1.54) is 0 Å². The molecule has 0 aliphatic carbocycles. The van der Waals surface area contributed by atoms with E-state index in [1.54, 1.807) is 0 Å². The number of aromatic nitrogens is 3. The molecule has 0 saturated carbocycles. The highest BCUT2D eigenvalue weighted by Crippen LogP contribution is 2.21. The van der Waals surface area contributed by atoms with Crippen molar-refractivity contribution < 1.29 is 8.42 Å². The molecule has 3 rings (SSSR count). The summed E-state index contributed by atoms with van der Waals surface area (Å²) in [6, 6.07) is 10.1. The minimum atomic E-state index is -2.91. The molecule has 2 aromatic rings. The summed E-state index contributed by atoms with van der Waals surface area (Å²) in [5, 5.41) is 4.76. The number of sulfone groups is 1. The number of nitrogens with zero attached hydrogens (tertiary/aromatic N) is 4. The van der Waals surface area contributed by atoms with Crippen LogP contribution in [0.25, 0.3) is 11.4 Å². The minimum Gasteiger partial charge on any atom is -0.300 e. The van der Waals surface area contributed by atoms with Gasteiger partial charge in [-0.15, -0.1) is 0 Å². The molecule has 1 saturated heterocycles. The molecule has 1 aliphatic heterocycles. The first-order valence-corrected chi connectivity index (χ1v) is 11.4. The minimum absolute atomic E-state index is 0.0498. The second-order valence-corrected chi connectivity index (χ2v) is 9.32. The van der Waals surface area contributed by atoms with Crippen LogP contribution in [-0.4, -0.2) is 51.8 Å². The van der Waals surface area contributed by atoms with Gasteiger partial charge in [-0.25, -0.2) is 13.1 Å². The summed E-state index contributed by atoms with van der Waals surface area (Å²) in [5.74, 6) is 1.37. The zero-order valence-corrected chi connectivity index (χ0v) is 17.0. The topological polar surface area (TPSA) is 60.1 Å². The standard InChI is InChI=1S/C18H26N4O2S2/c1-3-11-20(16-10-12-26(23,24)13-16)14-22-18(25)21(4-2)17(19-22)15-8-6-5-7-9-15/h5-9,16H,3-4,10-14H2,1-2H3. The first-order valence-electron chi connectivity index (χ1n) is 9.12. The van der Waals surface area contributed by atoms with E-state index in [2.05, 4.69) is 18.7 Å². The van der Waals surface area contributed by atoms with Crippen LogP contribution in [-0.2, 0) is 23.1 Å². The van der Waals surface area contributed by atoms with Crippen molar-refractivity contribution in [1.29, 1.82) is 0 Å². The highest BCUT2D eigenvalue weighted by Gasteiger charge is 2.32. The molecule has 2 heterocycles. The van der Waals surface area contributed by atoms with Crippen LogP contribution in [0.4, 0.5) is 0 Å². The van der Waals surface area contributed by atoms with E-state index in [0.717, 1.165) is 30.9 Å². The molecule has 0 radical (unpaired) electrons. The van der Waals surface area contributed by atoms with Gasteiger partial charge in [-0.3, -0.25) is 4.90 Å². The SMILES string of the molecule is CCCN(Cn1nc(-c2ccccc2)n(CC)c1=S)C1CCS(=O)(=O)C1. The maximum absolute atomic E-state index is 11.9. The van der Waals surface area contributed by atoms with Gasteiger partial charge in [0.15, 0.2) is 20.4 Å². The van der Waals surface area contributed by atoms with E-state index in [4.69, 9.17) is 17.3 Å². The second kappa shape index (κ2) is 8.02. The van der Waals surface area contributed by atoms with E-state index < -0.39 is 9.84 Å². The average molecular weight is 395 g/mol. The lowest BCUT2D eigenvalue weighted by Crippen LogP contribution is -2.38. The maximum Gasteiger partial charge on any atom is 0.199 e. The fourth-order valence-electron chi connectivity index (χ4n) is 3.51. The van der Waals surface area contributed by atoms with Crippen LogP contribution in [0.1, 0.15) is 26.7 Å². The summed E-state index contributed by atoms with van der Waals surface area (Å²) in [4.78, 5) is 2.21. The summed E-state index contributed by atoms with van der Waals surface area (Å²) in [6.07, 6.45) is 1.65. The summed E-state index contributed by atoms with van der Waals surface area (Å²) >= 11 is 5.65. The fourth-order valence-corrected chi connectivity index (χ4v) is 5.59. The largest absolute Gasteiger partial charge is 0.300 e. The van der Waals surface area contributed by atoms with Crippen LogP contribution in [0.2, 0.25) is 0 Å². The highest BCUT2D eigenvalue weighted by atomic mass is 32.2. The molecule has 1 aliphatic rings. The summed E-state index contributed by atoms with van der Waals surface area (Å²) in [5.41, 5.74) is 1.03. The molecule has 0 amide bonds. The van der Waals surface area contributed by atoms with E-state index >= 15 is 0 Å². The van der Waals surface area contributed by atoms with Crippen LogP contribution in [0.5, 0.6) is 0 Å². The van der Waals surface area contributed by atoms with Crippen molar-refractivity contribution in [2.24, 2.45) is 0 Å². The van der Waals surface area contributed by atoms with Crippen LogP contribution < -0.4 is 0 Å². The Morgan fingerprint density at radius 2 is 2.00 bits per heavy atom. The van der Waals surface area contributed by atoms with Gasteiger partial charge < -0.3 is 4.57 Å². The van der Waals surface area contributed by atoms with Gasteiger partial charge in [0, 0.05) is 18.2 Å². The van der Waals surface area contributed by atoms with Crippen LogP contribution in [0, 0.1) is 4.77 Å². The van der Waals surface area contributed by atoms with Crippen LogP contribution in [0.15, 0.2) is 30.3 Å². The van der Waals surface area contributed by atoms with Gasteiger partial charge in [0.2, 0.25) is 0 Å². The number of rotatable bonds is 7. The van der Waals surface area contributed by atoms with Gasteiger partial charge in [-0.2, -0.15) is 5.10 Å². The number of benzene rings is 1. The number of hydrogen-bond acceptors (Lipinski definition) is 5. The Labute approximate surface area is 160 Å². The van der Waals surface area contributed by atoms with Crippen molar-refractivity contribution in [2.45, 2.75) is 45.9 Å². The van der Waals surface area contributed by atoms with Crippen molar-refractivity contribution in [3.63, 3.8) is 0 Å². The van der Waals surface area contributed by atoms with Crippen molar-refractivity contribution in [1.82, 2.24) is 19.2 Å². The zero-order chi connectivity index (χ0) is 18.7. The third-order valence-electron chi connectivity index (χ3n) is 4.82. The maximum atomic E-state index is 11.9. The van der Waals surface area contributed by atoms with Crippen molar-refractivity contribution in [2.75, 3.05) is 18.1 Å². The molecular formula is C18H26N4O2S2. The smallest absolute Gasteiger partial charge is 0.199 e. The molecule has 0 N–H and O–H groups in total. The van der Waals surface area contributed by atoms with Gasteiger partial charge in [-0.05, 0) is 38.5 Å². The van der Waals surface area contributed by atoms with Crippen LogP contribution in [0.3, 0.4) is 0 Å². The normalized spacial score (nSPS) is 19.3. The second-order valence-electron chi connectivity index (χ2n) is 6.73. The van der Waals surface area contributed by atoms with Crippen molar-refractivity contribution in [3.8, 4) is 11.4 Å². The Bertz CT molecular complexity index is 903. The van der Waals surface area contributed by atoms with Crippen molar-refractivity contribution in [3.05, 3.63) is 35.1 Å². The third-order valence-corrected chi connectivity index (χ3v) is 7.00. The molecule has 1 unspecified atom stereocenters. The van der Waals surface area contributed by atoms with Gasteiger partial charge in [-0.1, -0.05) is 37.3 Å². The van der Waals surface area contributed by atoms with Crippen LogP contribution >= 0.6 is 12.2 Å². The molecule has 6 nitrogen and oxygen atoms in total. The first kappa shape index (κ1) is 19.3. The summed E-state index contributed by atoms with van der Waals surface area (Å²) < 4.78 is 28.3. The molecule has 1 fully saturated rings. The Morgan fingerprint density at radius 3 is 2.58 bits per heavy atom. The van der Waals surface area contributed by atoms with E-state index in [0.29, 0.717) is 17.9 Å². The molecule has 26 heavy (non-hydrogen) atoms. The number of hydrogen-bond donors (Lipinski definition) is 0. The zero-order valence-electron chi connectivity index (χ0n) is 15.3. The molecule has 1 aromatic heterocycles. The first-order chi connectivity index (χ1) is 12.4. The predicted octanol–water partition coefficient (Wildman–Crippen LogP) is 2.96. The fraction of sp³-hybridized carbons (Fsp3) is 0.556. The van der Waals surface area contributed by atoms with Gasteiger partial charge in [0.1, 0.15) is 0 Å². The molecule has 0 bridgehead atoms. The van der Waals surface area contributed by atoms with Gasteiger partial charge >= 0.3 is 0 Å². The lowest BCUT2D eigenvalue weighted by atomic mass is 10.2. The molecular weight excluding hydrogens is 368 g/mol. The van der Waals surface area contributed by atoms with Gasteiger partial charge in [0.05, 0.1) is 18.2 Å². The van der Waals surface area contributed by atoms with E-state index in [9.17, 15) is 8.42 Å². The molecule has 142 valence electrons. The lowest BCUT2D eigenvalue weighted by Gasteiger charge is -2.27. The lowest BCUT2D eigenvalue weighted by molar-refractivity contribution is 0.155. The summed E-state index contributed by atoms with van der Waals surface area (Å²) in [6.45, 7) is 6.27. The Morgan fingerprint density at radius 1 is 1.27 bits per heavy atom. The Kier molecular flexibility index (Phi) is 5.94. The van der Waals surface area contributed by atoms with Crippen molar-refractivity contribution >= 4 is 22.1 Å². The van der Waals surface area contributed by atoms with E-state index in [1.807, 2.05) is 39.6 Å². The van der Waals surface area contributed by atoms with E-state index in [-0.39, 0.29) is 17.5 Å². The molecule has 0 spiro atoms. The highest BCUT2D eigenvalue weighted by molar-refractivity contribution is 7.91. The average Bonchev–Trinajstić information content (AvgIpc) is 3.15.